The Bertz CT molecular complexity index is 1080. The molecule has 0 aliphatic carbocycles. The highest BCUT2D eigenvalue weighted by atomic mass is 16.2. The summed E-state index contributed by atoms with van der Waals surface area (Å²) in [6, 6.07) is 8.72. The van der Waals surface area contributed by atoms with Crippen LogP contribution in [0.2, 0.25) is 0 Å². The molecule has 2 aromatic heterocycles. The van der Waals surface area contributed by atoms with Gasteiger partial charge in [0.15, 0.2) is 11.4 Å². The van der Waals surface area contributed by atoms with Gasteiger partial charge >= 0.3 is 6.03 Å². The van der Waals surface area contributed by atoms with Gasteiger partial charge in [0, 0.05) is 37.4 Å². The van der Waals surface area contributed by atoms with Crippen molar-refractivity contribution in [1.29, 1.82) is 0 Å². The van der Waals surface area contributed by atoms with Crippen molar-refractivity contribution in [3.05, 3.63) is 66.5 Å². The van der Waals surface area contributed by atoms with Gasteiger partial charge in [0.2, 0.25) is 0 Å². The number of aryl methyl sites for hydroxylation is 1. The number of imide groups is 1. The molecule has 1 aromatic carbocycles. The van der Waals surface area contributed by atoms with Gasteiger partial charge in [0.1, 0.15) is 5.82 Å². The molecule has 3 N–H and O–H groups in total. The van der Waals surface area contributed by atoms with Gasteiger partial charge < -0.3 is 15.2 Å². The predicted molar refractivity (Wildman–Crippen MR) is 101 cm³/mol. The standard InChI is InChI=1S/C19H17N7O3/c1-26-8-7-20-16(26)19(17(28)24-18(29)25-19)11-23-15(27)13-9-21-14(22-10-13)12-5-3-2-4-6-12/h2-10H,11H2,1H3,(H,23,27)(H2,24,25,28,29). The number of rotatable bonds is 5. The molecule has 1 aliphatic heterocycles. The lowest BCUT2D eigenvalue weighted by atomic mass is 9.98. The van der Waals surface area contributed by atoms with E-state index in [1.54, 1.807) is 17.8 Å². The molecule has 4 amide bonds. The second-order valence-corrected chi connectivity index (χ2v) is 6.52. The summed E-state index contributed by atoms with van der Waals surface area (Å²) in [6.07, 6.45) is 5.97. The van der Waals surface area contributed by atoms with Crippen molar-refractivity contribution < 1.29 is 14.4 Å². The van der Waals surface area contributed by atoms with Crippen LogP contribution in [0.3, 0.4) is 0 Å². The maximum atomic E-state index is 12.6. The van der Waals surface area contributed by atoms with Crippen molar-refractivity contribution >= 4 is 17.8 Å². The topological polar surface area (TPSA) is 131 Å². The van der Waals surface area contributed by atoms with Crippen LogP contribution < -0.4 is 16.0 Å². The average molecular weight is 391 g/mol. The molecule has 10 nitrogen and oxygen atoms in total. The van der Waals surface area contributed by atoms with E-state index in [1.807, 2.05) is 30.3 Å². The van der Waals surface area contributed by atoms with E-state index < -0.39 is 23.4 Å². The third kappa shape index (κ3) is 3.31. The molecule has 0 bridgehead atoms. The van der Waals surface area contributed by atoms with E-state index in [0.29, 0.717) is 11.6 Å². The molecule has 1 saturated heterocycles. The SMILES string of the molecule is Cn1ccnc1C1(CNC(=O)c2cnc(-c3ccccc3)nc2)NC(=O)NC1=O. The summed E-state index contributed by atoms with van der Waals surface area (Å²) in [4.78, 5) is 49.4. The summed E-state index contributed by atoms with van der Waals surface area (Å²) in [5.74, 6) is -0.272. The second kappa shape index (κ2) is 7.15. The minimum Gasteiger partial charge on any atom is -0.349 e. The fourth-order valence-electron chi connectivity index (χ4n) is 3.13. The van der Waals surface area contributed by atoms with E-state index in [1.165, 1.54) is 18.6 Å². The number of aromatic nitrogens is 4. The number of nitrogens with zero attached hydrogens (tertiary/aromatic N) is 4. The highest BCUT2D eigenvalue weighted by Crippen LogP contribution is 2.22. The Balaban J connectivity index is 1.53. The number of hydrogen-bond donors (Lipinski definition) is 3. The number of urea groups is 1. The smallest absolute Gasteiger partial charge is 0.322 e. The van der Waals surface area contributed by atoms with Crippen LogP contribution in [0.25, 0.3) is 11.4 Å². The van der Waals surface area contributed by atoms with E-state index >= 15 is 0 Å². The summed E-state index contributed by atoms with van der Waals surface area (Å²) < 4.78 is 1.61. The first-order valence-electron chi connectivity index (χ1n) is 8.77. The summed E-state index contributed by atoms with van der Waals surface area (Å²) in [6.45, 7) is -0.186. The summed E-state index contributed by atoms with van der Waals surface area (Å²) >= 11 is 0. The molecule has 4 rings (SSSR count). The minimum absolute atomic E-state index is 0.186. The normalized spacial score (nSPS) is 18.2. The number of hydrogen-bond acceptors (Lipinski definition) is 6. The van der Waals surface area contributed by atoms with Crippen molar-refractivity contribution in [2.24, 2.45) is 7.05 Å². The predicted octanol–water partition coefficient (Wildman–Crippen LogP) is 0.342. The van der Waals surface area contributed by atoms with Crippen LogP contribution in [0.5, 0.6) is 0 Å². The number of nitrogens with one attached hydrogen (secondary N) is 3. The lowest BCUT2D eigenvalue weighted by molar-refractivity contribution is -0.124. The Hall–Kier alpha value is -4.08. The molecule has 3 aromatic rings. The van der Waals surface area contributed by atoms with Crippen molar-refractivity contribution in [2.45, 2.75) is 5.54 Å². The zero-order valence-corrected chi connectivity index (χ0v) is 15.4. The summed E-state index contributed by atoms with van der Waals surface area (Å²) in [5.41, 5.74) is -0.446. The lowest BCUT2D eigenvalue weighted by Crippen LogP contribution is -2.54. The highest BCUT2D eigenvalue weighted by molar-refractivity contribution is 6.07. The molecule has 1 fully saturated rings. The number of amides is 4. The maximum Gasteiger partial charge on any atom is 0.322 e. The third-order valence-corrected chi connectivity index (χ3v) is 4.60. The van der Waals surface area contributed by atoms with Crippen LogP contribution in [-0.2, 0) is 17.4 Å². The summed E-state index contributed by atoms with van der Waals surface area (Å²) in [5, 5.41) is 7.42. The number of benzene rings is 1. The van der Waals surface area contributed by atoms with E-state index in [4.69, 9.17) is 0 Å². The third-order valence-electron chi connectivity index (χ3n) is 4.60. The molecule has 0 saturated carbocycles. The molecule has 1 unspecified atom stereocenters. The number of carbonyl (C=O) groups excluding carboxylic acids is 3. The molecule has 0 spiro atoms. The first kappa shape index (κ1) is 18.3. The zero-order valence-electron chi connectivity index (χ0n) is 15.4. The van der Waals surface area contributed by atoms with Gasteiger partial charge in [0.25, 0.3) is 11.8 Å². The van der Waals surface area contributed by atoms with E-state index in [2.05, 4.69) is 30.9 Å². The molecule has 29 heavy (non-hydrogen) atoms. The Labute approximate surface area is 165 Å². The molecule has 3 heterocycles. The monoisotopic (exact) mass is 391 g/mol. The zero-order chi connectivity index (χ0) is 20.4. The van der Waals surface area contributed by atoms with Gasteiger partial charge in [-0.05, 0) is 0 Å². The van der Waals surface area contributed by atoms with Crippen molar-refractivity contribution in [3.8, 4) is 11.4 Å². The van der Waals surface area contributed by atoms with Crippen LogP contribution in [-0.4, -0.2) is 43.9 Å². The van der Waals surface area contributed by atoms with Gasteiger partial charge in [-0.3, -0.25) is 14.9 Å². The Morgan fingerprint density at radius 3 is 2.45 bits per heavy atom. The highest BCUT2D eigenvalue weighted by Gasteiger charge is 2.50. The molecular formula is C19H17N7O3. The second-order valence-electron chi connectivity index (χ2n) is 6.52. The molecule has 10 heteroatoms. The fraction of sp³-hybridized carbons (Fsp3) is 0.158. The maximum absolute atomic E-state index is 12.6. The van der Waals surface area contributed by atoms with Crippen molar-refractivity contribution in [3.63, 3.8) is 0 Å². The minimum atomic E-state index is -1.50. The molecule has 0 radical (unpaired) electrons. The Morgan fingerprint density at radius 2 is 1.86 bits per heavy atom. The molecule has 1 aliphatic rings. The fourth-order valence-corrected chi connectivity index (χ4v) is 3.13. The Morgan fingerprint density at radius 1 is 1.14 bits per heavy atom. The number of carbonyl (C=O) groups is 3. The molecule has 146 valence electrons. The number of imidazole rings is 1. The van der Waals surface area contributed by atoms with Gasteiger partial charge in [-0.15, -0.1) is 0 Å². The quantitative estimate of drug-likeness (QED) is 0.538. The van der Waals surface area contributed by atoms with Crippen LogP contribution >= 0.6 is 0 Å². The van der Waals surface area contributed by atoms with E-state index in [9.17, 15) is 14.4 Å². The van der Waals surface area contributed by atoms with Crippen LogP contribution in [0.15, 0.2) is 55.1 Å². The lowest BCUT2D eigenvalue weighted by Gasteiger charge is -2.25. The van der Waals surface area contributed by atoms with Crippen molar-refractivity contribution in [2.75, 3.05) is 6.54 Å². The average Bonchev–Trinajstić information content (AvgIpc) is 3.29. The van der Waals surface area contributed by atoms with Crippen LogP contribution in [0.4, 0.5) is 4.79 Å². The van der Waals surface area contributed by atoms with Gasteiger partial charge in [-0.1, -0.05) is 30.3 Å². The van der Waals surface area contributed by atoms with Crippen molar-refractivity contribution in [1.82, 2.24) is 35.5 Å². The van der Waals surface area contributed by atoms with Gasteiger partial charge in [0.05, 0.1) is 12.1 Å². The molecular weight excluding hydrogens is 374 g/mol. The van der Waals surface area contributed by atoms with E-state index in [0.717, 1.165) is 5.56 Å². The van der Waals surface area contributed by atoms with Crippen LogP contribution in [0.1, 0.15) is 16.2 Å². The first-order chi connectivity index (χ1) is 14.0. The molecule has 1 atom stereocenters. The van der Waals surface area contributed by atoms with Gasteiger partial charge in [-0.2, -0.15) is 0 Å². The largest absolute Gasteiger partial charge is 0.349 e. The Kier molecular flexibility index (Phi) is 4.51. The van der Waals surface area contributed by atoms with E-state index in [-0.39, 0.29) is 12.1 Å². The summed E-state index contributed by atoms with van der Waals surface area (Å²) in [7, 11) is 1.69. The van der Waals surface area contributed by atoms with Gasteiger partial charge in [-0.25, -0.2) is 19.7 Å². The van der Waals surface area contributed by atoms with Crippen LogP contribution in [0, 0.1) is 0 Å². The first-order valence-corrected chi connectivity index (χ1v) is 8.77.